The molecule has 5 rings (SSSR count). The van der Waals surface area contributed by atoms with Gasteiger partial charge in [0.05, 0.1) is 34.0 Å². The Bertz CT molecular complexity index is 1640. The third kappa shape index (κ3) is 5.52. The summed E-state index contributed by atoms with van der Waals surface area (Å²) in [6.45, 7) is 8.17. The molecule has 0 amide bonds. The molecule has 0 atom stereocenters. The van der Waals surface area contributed by atoms with Crippen LogP contribution in [0.2, 0.25) is 5.02 Å². The molecule has 3 heterocycles. The number of hydrogen-bond donors (Lipinski definition) is 0. The summed E-state index contributed by atoms with van der Waals surface area (Å²) in [4.78, 5) is 49.6. The Morgan fingerprint density at radius 1 is 0.975 bits per heavy atom. The molecule has 2 aromatic heterocycles. The maximum absolute atomic E-state index is 13.8. The van der Waals surface area contributed by atoms with E-state index >= 15 is 0 Å². The van der Waals surface area contributed by atoms with Crippen molar-refractivity contribution in [1.82, 2.24) is 19.0 Å². The van der Waals surface area contributed by atoms with E-state index in [9.17, 15) is 14.4 Å². The quantitative estimate of drug-likeness (QED) is 0.301. The van der Waals surface area contributed by atoms with Gasteiger partial charge in [-0.25, -0.2) is 19.1 Å². The Labute approximate surface area is 237 Å². The van der Waals surface area contributed by atoms with Crippen molar-refractivity contribution in [2.45, 2.75) is 26.8 Å². The van der Waals surface area contributed by atoms with Crippen LogP contribution in [0.3, 0.4) is 0 Å². The fourth-order valence-corrected chi connectivity index (χ4v) is 5.48. The second-order valence-electron chi connectivity index (χ2n) is 9.77. The van der Waals surface area contributed by atoms with E-state index < -0.39 is 17.2 Å². The second-order valence-corrected chi connectivity index (χ2v) is 10.2. The van der Waals surface area contributed by atoms with Crippen LogP contribution in [-0.4, -0.2) is 64.3 Å². The highest BCUT2D eigenvalue weighted by Gasteiger charge is 2.23. The van der Waals surface area contributed by atoms with Crippen molar-refractivity contribution in [3.05, 3.63) is 97.8 Å². The minimum absolute atomic E-state index is 0.0841. The van der Waals surface area contributed by atoms with Gasteiger partial charge in [0, 0.05) is 38.4 Å². The third-order valence-corrected chi connectivity index (χ3v) is 7.47. The number of aromatic nitrogens is 3. The number of fused-ring (bicyclic) bond motifs is 1. The van der Waals surface area contributed by atoms with Crippen LogP contribution in [0.15, 0.2) is 70.3 Å². The molecule has 10 heteroatoms. The number of ether oxygens (including phenoxy) is 1. The van der Waals surface area contributed by atoms with Crippen LogP contribution in [0.25, 0.3) is 16.7 Å². The molecule has 0 bridgehead atoms. The highest BCUT2D eigenvalue weighted by Crippen LogP contribution is 2.26. The number of esters is 1. The highest BCUT2D eigenvalue weighted by molar-refractivity contribution is 6.33. The predicted octanol–water partition coefficient (Wildman–Crippen LogP) is 3.90. The van der Waals surface area contributed by atoms with Gasteiger partial charge in [-0.05, 0) is 57.1 Å². The monoisotopic (exact) mass is 561 g/mol. The van der Waals surface area contributed by atoms with E-state index in [0.29, 0.717) is 24.3 Å². The molecular weight excluding hydrogens is 530 g/mol. The molecule has 0 N–H and O–H groups in total. The predicted molar refractivity (Wildman–Crippen MR) is 157 cm³/mol. The van der Waals surface area contributed by atoms with E-state index in [1.807, 2.05) is 30.3 Å². The van der Waals surface area contributed by atoms with Gasteiger partial charge in [-0.15, -0.1) is 0 Å². The first-order valence-electron chi connectivity index (χ1n) is 13.5. The Hall–Kier alpha value is -3.95. The molecule has 1 aliphatic heterocycles. The summed E-state index contributed by atoms with van der Waals surface area (Å²) in [6.07, 6.45) is 0.665. The highest BCUT2D eigenvalue weighted by atomic mass is 35.5. The van der Waals surface area contributed by atoms with Gasteiger partial charge in [0.25, 0.3) is 5.56 Å². The molecule has 0 aliphatic carbocycles. The number of hydrogen-bond acceptors (Lipinski definition) is 7. The number of nitrogens with zero attached hydrogens (tertiary/aromatic N) is 5. The Balaban J connectivity index is 1.44. The van der Waals surface area contributed by atoms with E-state index in [1.165, 1.54) is 4.57 Å². The lowest BCUT2D eigenvalue weighted by Gasteiger charge is -2.36. The van der Waals surface area contributed by atoms with Crippen molar-refractivity contribution in [2.24, 2.45) is 0 Å². The van der Waals surface area contributed by atoms with E-state index in [2.05, 4.69) is 14.8 Å². The van der Waals surface area contributed by atoms with Crippen molar-refractivity contribution >= 4 is 34.3 Å². The molecule has 2 aromatic carbocycles. The molecule has 0 spiro atoms. The molecule has 1 aliphatic rings. The van der Waals surface area contributed by atoms with Gasteiger partial charge in [0.1, 0.15) is 0 Å². The number of anilines is 1. The van der Waals surface area contributed by atoms with Crippen molar-refractivity contribution in [2.75, 3.05) is 44.2 Å². The van der Waals surface area contributed by atoms with Gasteiger partial charge in [0.2, 0.25) is 0 Å². The Morgan fingerprint density at radius 2 is 1.68 bits per heavy atom. The molecule has 1 saturated heterocycles. The lowest BCUT2D eigenvalue weighted by atomic mass is 10.1. The van der Waals surface area contributed by atoms with Crippen LogP contribution in [0.4, 0.5) is 5.69 Å². The SMILES string of the molecule is CCOC(=O)c1cc(C)nc2c1c(=O)n(-c1ccccc1)c(=O)n2CCCN1CCN(c2ccccc2Cl)CC1. The van der Waals surface area contributed by atoms with E-state index in [-0.39, 0.29) is 23.2 Å². The minimum Gasteiger partial charge on any atom is -0.462 e. The van der Waals surface area contributed by atoms with E-state index in [4.69, 9.17) is 16.3 Å². The van der Waals surface area contributed by atoms with E-state index in [1.54, 1.807) is 44.2 Å². The van der Waals surface area contributed by atoms with Crippen LogP contribution in [0, 0.1) is 6.92 Å². The van der Waals surface area contributed by atoms with Crippen molar-refractivity contribution in [3.63, 3.8) is 0 Å². The van der Waals surface area contributed by atoms with Crippen LogP contribution in [-0.2, 0) is 11.3 Å². The molecule has 0 saturated carbocycles. The first-order valence-corrected chi connectivity index (χ1v) is 13.9. The Morgan fingerprint density at radius 3 is 2.38 bits per heavy atom. The summed E-state index contributed by atoms with van der Waals surface area (Å²) in [5.74, 6) is -0.615. The van der Waals surface area contributed by atoms with Gasteiger partial charge in [-0.2, -0.15) is 0 Å². The fraction of sp³-hybridized carbons (Fsp3) is 0.333. The standard InChI is InChI=1S/C30H32ClN5O4/c1-3-40-29(38)23-20-21(2)32-27-26(23)28(37)36(22-10-5-4-6-11-22)30(39)35(27)15-9-14-33-16-18-34(19-17-33)25-13-8-7-12-24(25)31/h4-8,10-13,20H,3,9,14-19H2,1-2H3. The molecule has 208 valence electrons. The van der Waals surface area contributed by atoms with Crippen molar-refractivity contribution in [1.29, 1.82) is 0 Å². The number of halogens is 1. The van der Waals surface area contributed by atoms with Gasteiger partial charge in [-0.3, -0.25) is 14.3 Å². The molecule has 4 aromatic rings. The summed E-state index contributed by atoms with van der Waals surface area (Å²) in [6, 6.07) is 18.1. The molecule has 1 fully saturated rings. The van der Waals surface area contributed by atoms with Crippen LogP contribution < -0.4 is 16.1 Å². The normalized spacial score (nSPS) is 14.0. The largest absolute Gasteiger partial charge is 0.462 e. The summed E-state index contributed by atoms with van der Waals surface area (Å²) in [7, 11) is 0. The number of pyridine rings is 1. The lowest BCUT2D eigenvalue weighted by Crippen LogP contribution is -2.47. The molecule has 40 heavy (non-hydrogen) atoms. The van der Waals surface area contributed by atoms with E-state index in [0.717, 1.165) is 48.0 Å². The maximum Gasteiger partial charge on any atom is 0.339 e. The van der Waals surface area contributed by atoms with Crippen LogP contribution in [0.1, 0.15) is 29.4 Å². The topological polar surface area (TPSA) is 89.7 Å². The smallest absolute Gasteiger partial charge is 0.339 e. The molecular formula is C30H32ClN5O4. The molecule has 0 unspecified atom stereocenters. The zero-order chi connectivity index (χ0) is 28.2. The molecule has 9 nitrogen and oxygen atoms in total. The van der Waals surface area contributed by atoms with Gasteiger partial charge in [-0.1, -0.05) is 41.9 Å². The summed E-state index contributed by atoms with van der Waals surface area (Å²) in [5.41, 5.74) is 1.24. The zero-order valence-electron chi connectivity index (χ0n) is 22.7. The summed E-state index contributed by atoms with van der Waals surface area (Å²) < 4.78 is 7.88. The van der Waals surface area contributed by atoms with Gasteiger partial charge in [0.15, 0.2) is 5.65 Å². The average molecular weight is 562 g/mol. The fourth-order valence-electron chi connectivity index (χ4n) is 5.22. The summed E-state index contributed by atoms with van der Waals surface area (Å²) in [5, 5.41) is 0.835. The number of carbonyl (C=O) groups excluding carboxylic acids is 1. The lowest BCUT2D eigenvalue weighted by molar-refractivity contribution is 0.0528. The van der Waals surface area contributed by atoms with Crippen LogP contribution in [0.5, 0.6) is 0 Å². The second kappa shape index (κ2) is 12.1. The van der Waals surface area contributed by atoms with Gasteiger partial charge >= 0.3 is 11.7 Å². The number of piperazine rings is 1. The summed E-state index contributed by atoms with van der Waals surface area (Å²) >= 11 is 6.39. The third-order valence-electron chi connectivity index (χ3n) is 7.15. The maximum atomic E-state index is 13.8. The average Bonchev–Trinajstić information content (AvgIpc) is 2.96. The number of aryl methyl sites for hydroxylation is 2. The number of rotatable bonds is 8. The van der Waals surface area contributed by atoms with Crippen LogP contribution >= 0.6 is 11.6 Å². The first kappa shape index (κ1) is 27.6. The van der Waals surface area contributed by atoms with Crippen molar-refractivity contribution in [3.8, 4) is 5.69 Å². The zero-order valence-corrected chi connectivity index (χ0v) is 23.4. The first-order chi connectivity index (χ1) is 19.4. The number of carbonyl (C=O) groups is 1. The van der Waals surface area contributed by atoms with Gasteiger partial charge < -0.3 is 9.64 Å². The number of para-hydroxylation sites is 2. The van der Waals surface area contributed by atoms with Crippen molar-refractivity contribution < 1.29 is 9.53 Å². The Kier molecular flexibility index (Phi) is 8.32. The molecule has 0 radical (unpaired) electrons. The number of benzene rings is 2. The minimum atomic E-state index is -0.615.